The van der Waals surface area contributed by atoms with Crippen molar-refractivity contribution in [3.63, 3.8) is 0 Å². The Morgan fingerprint density at radius 3 is 2.76 bits per heavy atom. The Labute approximate surface area is 122 Å². The molecule has 2 aromatic rings. The van der Waals surface area contributed by atoms with Crippen molar-refractivity contribution in [3.05, 3.63) is 36.0 Å². The molecule has 112 valence electrons. The van der Waals surface area contributed by atoms with Crippen LogP contribution in [0, 0.1) is 0 Å². The van der Waals surface area contributed by atoms with E-state index in [2.05, 4.69) is 10.2 Å². The number of rotatable bonds is 7. The highest BCUT2D eigenvalue weighted by molar-refractivity contribution is 5.92. The number of aromatic nitrogens is 2. The summed E-state index contributed by atoms with van der Waals surface area (Å²) in [6, 6.07) is 9.07. The second kappa shape index (κ2) is 7.41. The number of hydrogen-bond acceptors (Lipinski definition) is 5. The maximum absolute atomic E-state index is 11.3. The number of hydrazine groups is 1. The van der Waals surface area contributed by atoms with E-state index in [9.17, 15) is 4.79 Å². The molecule has 0 spiro atoms. The molecule has 0 aliphatic heterocycles. The number of amides is 1. The van der Waals surface area contributed by atoms with Crippen LogP contribution in [0.1, 0.15) is 17.4 Å². The van der Waals surface area contributed by atoms with Crippen molar-refractivity contribution in [1.29, 1.82) is 0 Å². The summed E-state index contributed by atoms with van der Waals surface area (Å²) < 4.78 is 10.7. The molecule has 2 rings (SSSR count). The van der Waals surface area contributed by atoms with Gasteiger partial charge < -0.3 is 9.47 Å². The predicted octanol–water partition coefficient (Wildman–Crippen LogP) is 1.10. The monoisotopic (exact) mass is 290 g/mol. The maximum Gasteiger partial charge on any atom is 0.283 e. The van der Waals surface area contributed by atoms with Crippen LogP contribution in [0.15, 0.2) is 30.3 Å². The van der Waals surface area contributed by atoms with Gasteiger partial charge in [0.15, 0.2) is 0 Å². The van der Waals surface area contributed by atoms with Crippen LogP contribution in [0.2, 0.25) is 0 Å². The Kier molecular flexibility index (Phi) is 5.30. The van der Waals surface area contributed by atoms with Crippen molar-refractivity contribution in [2.24, 2.45) is 5.84 Å². The number of carbonyl (C=O) groups is 1. The van der Waals surface area contributed by atoms with Gasteiger partial charge in [-0.2, -0.15) is 5.10 Å². The lowest BCUT2D eigenvalue weighted by atomic mass is 10.1. The van der Waals surface area contributed by atoms with Crippen molar-refractivity contribution in [3.8, 4) is 17.0 Å². The molecule has 0 aliphatic rings. The number of aromatic amines is 1. The first-order valence-corrected chi connectivity index (χ1v) is 6.62. The molecule has 0 saturated heterocycles. The van der Waals surface area contributed by atoms with Gasteiger partial charge in [-0.1, -0.05) is 0 Å². The standard InChI is InChI=1S/C14H18N4O3/c1-2-20-7-8-21-11-5-3-10(4-6-11)12-9-13(18-17-12)14(19)16-15/h3-6,9H,2,7-8,15H2,1H3,(H,16,19)(H,17,18). The number of hydrogen-bond donors (Lipinski definition) is 3. The van der Waals surface area contributed by atoms with E-state index in [4.69, 9.17) is 15.3 Å². The average molecular weight is 290 g/mol. The van der Waals surface area contributed by atoms with Crippen LogP contribution in [0.3, 0.4) is 0 Å². The largest absolute Gasteiger partial charge is 0.491 e. The van der Waals surface area contributed by atoms with E-state index in [-0.39, 0.29) is 0 Å². The number of nitrogen functional groups attached to an aromatic ring is 1. The fraction of sp³-hybridized carbons (Fsp3) is 0.286. The first kappa shape index (κ1) is 15.0. The van der Waals surface area contributed by atoms with Gasteiger partial charge in [-0.05, 0) is 37.3 Å². The first-order valence-electron chi connectivity index (χ1n) is 6.62. The number of nitrogens with one attached hydrogen (secondary N) is 2. The number of H-pyrrole nitrogens is 1. The summed E-state index contributed by atoms with van der Waals surface area (Å²) in [5.74, 6) is 5.41. The minimum Gasteiger partial charge on any atom is -0.491 e. The summed E-state index contributed by atoms with van der Waals surface area (Å²) in [4.78, 5) is 11.3. The van der Waals surface area contributed by atoms with Crippen LogP contribution in [0.5, 0.6) is 5.75 Å². The quantitative estimate of drug-likeness (QED) is 0.307. The molecule has 4 N–H and O–H groups in total. The molecular weight excluding hydrogens is 272 g/mol. The Morgan fingerprint density at radius 2 is 2.10 bits per heavy atom. The molecule has 0 atom stereocenters. The molecule has 1 aromatic carbocycles. The summed E-state index contributed by atoms with van der Waals surface area (Å²) in [5.41, 5.74) is 3.89. The summed E-state index contributed by atoms with van der Waals surface area (Å²) >= 11 is 0. The van der Waals surface area contributed by atoms with Gasteiger partial charge in [0.1, 0.15) is 18.1 Å². The van der Waals surface area contributed by atoms with Crippen molar-refractivity contribution >= 4 is 5.91 Å². The van der Waals surface area contributed by atoms with Gasteiger partial charge in [0.25, 0.3) is 5.91 Å². The van der Waals surface area contributed by atoms with Gasteiger partial charge in [-0.15, -0.1) is 0 Å². The van der Waals surface area contributed by atoms with Crippen molar-refractivity contribution in [2.45, 2.75) is 6.92 Å². The molecule has 0 saturated carbocycles. The molecule has 0 fully saturated rings. The Morgan fingerprint density at radius 1 is 1.33 bits per heavy atom. The van der Waals surface area contributed by atoms with E-state index in [1.54, 1.807) is 6.07 Å². The Hall–Kier alpha value is -2.38. The molecule has 0 radical (unpaired) electrons. The van der Waals surface area contributed by atoms with E-state index in [1.165, 1.54) is 0 Å². The highest BCUT2D eigenvalue weighted by Crippen LogP contribution is 2.21. The molecule has 0 aliphatic carbocycles. The van der Waals surface area contributed by atoms with E-state index in [0.29, 0.717) is 31.2 Å². The van der Waals surface area contributed by atoms with Crippen LogP contribution in [0.4, 0.5) is 0 Å². The van der Waals surface area contributed by atoms with E-state index < -0.39 is 5.91 Å². The van der Waals surface area contributed by atoms with Crippen LogP contribution in [0.25, 0.3) is 11.3 Å². The summed E-state index contributed by atoms with van der Waals surface area (Å²) in [6.07, 6.45) is 0. The van der Waals surface area contributed by atoms with Crippen LogP contribution < -0.4 is 16.0 Å². The minimum absolute atomic E-state index is 0.310. The molecular formula is C14H18N4O3. The highest BCUT2D eigenvalue weighted by Gasteiger charge is 2.09. The third-order valence-electron chi connectivity index (χ3n) is 2.80. The normalized spacial score (nSPS) is 10.4. The summed E-state index contributed by atoms with van der Waals surface area (Å²) in [6.45, 7) is 3.70. The molecule has 0 bridgehead atoms. The number of nitrogens with two attached hydrogens (primary N) is 1. The van der Waals surface area contributed by atoms with Crippen LogP contribution >= 0.6 is 0 Å². The van der Waals surface area contributed by atoms with Gasteiger partial charge in [-0.3, -0.25) is 15.3 Å². The van der Waals surface area contributed by atoms with Crippen molar-refractivity contribution in [1.82, 2.24) is 15.6 Å². The number of carbonyl (C=O) groups excluding carboxylic acids is 1. The molecule has 1 amide bonds. The second-order valence-electron chi connectivity index (χ2n) is 4.21. The molecule has 7 heteroatoms. The van der Waals surface area contributed by atoms with E-state index in [0.717, 1.165) is 11.3 Å². The fourth-order valence-electron chi connectivity index (χ4n) is 1.75. The zero-order chi connectivity index (χ0) is 15.1. The van der Waals surface area contributed by atoms with E-state index in [1.807, 2.05) is 36.6 Å². The molecule has 21 heavy (non-hydrogen) atoms. The van der Waals surface area contributed by atoms with Crippen LogP contribution in [-0.2, 0) is 4.74 Å². The van der Waals surface area contributed by atoms with Gasteiger partial charge in [-0.25, -0.2) is 5.84 Å². The van der Waals surface area contributed by atoms with Crippen molar-refractivity contribution < 1.29 is 14.3 Å². The summed E-state index contributed by atoms with van der Waals surface area (Å²) in [5, 5.41) is 6.70. The lowest BCUT2D eigenvalue weighted by molar-refractivity contribution is 0.0948. The smallest absolute Gasteiger partial charge is 0.283 e. The zero-order valence-corrected chi connectivity index (χ0v) is 11.8. The third kappa shape index (κ3) is 4.04. The Bertz CT molecular complexity index is 580. The molecule has 7 nitrogen and oxygen atoms in total. The number of benzene rings is 1. The van der Waals surface area contributed by atoms with Gasteiger partial charge in [0, 0.05) is 12.2 Å². The molecule has 0 unspecified atom stereocenters. The van der Waals surface area contributed by atoms with Crippen molar-refractivity contribution in [2.75, 3.05) is 19.8 Å². The third-order valence-corrected chi connectivity index (χ3v) is 2.80. The lowest BCUT2D eigenvalue weighted by Crippen LogP contribution is -2.30. The zero-order valence-electron chi connectivity index (χ0n) is 11.8. The topological polar surface area (TPSA) is 102 Å². The minimum atomic E-state index is -0.412. The van der Waals surface area contributed by atoms with Crippen LogP contribution in [-0.4, -0.2) is 35.9 Å². The predicted molar refractivity (Wildman–Crippen MR) is 77.7 cm³/mol. The summed E-state index contributed by atoms with van der Waals surface area (Å²) in [7, 11) is 0. The Balaban J connectivity index is 1.98. The SMILES string of the molecule is CCOCCOc1ccc(-c2cc(C(=O)NN)[nH]n2)cc1. The lowest BCUT2D eigenvalue weighted by Gasteiger charge is -2.06. The van der Waals surface area contributed by atoms with Gasteiger partial charge in [0.05, 0.1) is 12.3 Å². The van der Waals surface area contributed by atoms with E-state index >= 15 is 0 Å². The van der Waals surface area contributed by atoms with Gasteiger partial charge in [0.2, 0.25) is 0 Å². The molecule has 1 heterocycles. The number of ether oxygens (including phenoxy) is 2. The first-order chi connectivity index (χ1) is 10.2. The average Bonchev–Trinajstić information content (AvgIpc) is 3.01. The second-order valence-corrected chi connectivity index (χ2v) is 4.21. The highest BCUT2D eigenvalue weighted by atomic mass is 16.5. The fourth-order valence-corrected chi connectivity index (χ4v) is 1.75. The van der Waals surface area contributed by atoms with Gasteiger partial charge >= 0.3 is 0 Å². The number of nitrogens with zero attached hydrogens (tertiary/aromatic N) is 1. The molecule has 1 aromatic heterocycles. The maximum atomic E-state index is 11.3.